The summed E-state index contributed by atoms with van der Waals surface area (Å²) in [5.41, 5.74) is 1.76. The van der Waals surface area contributed by atoms with Gasteiger partial charge in [0.15, 0.2) is 0 Å². The molecule has 1 aliphatic heterocycles. The summed E-state index contributed by atoms with van der Waals surface area (Å²) in [6.45, 7) is 4.98. The molecule has 1 aromatic heterocycles. The van der Waals surface area contributed by atoms with Crippen molar-refractivity contribution in [1.82, 2.24) is 15.8 Å². The third kappa shape index (κ3) is 4.35. The van der Waals surface area contributed by atoms with Crippen molar-refractivity contribution in [2.45, 2.75) is 33.2 Å². The first-order chi connectivity index (χ1) is 14.5. The third-order valence-corrected chi connectivity index (χ3v) is 4.60. The van der Waals surface area contributed by atoms with Crippen molar-refractivity contribution in [3.8, 4) is 0 Å². The summed E-state index contributed by atoms with van der Waals surface area (Å²) in [5, 5.41) is 9.12. The second kappa shape index (κ2) is 9.25. The number of benzene rings is 1. The maximum absolute atomic E-state index is 12.7. The largest absolute Gasteiger partial charge is 0.463 e. The number of ether oxygens (including phenoxy) is 2. The maximum atomic E-state index is 12.7. The number of aryl methyl sites for hydroxylation is 2. The first-order valence-electron chi connectivity index (χ1n) is 9.61. The molecule has 2 N–H and O–H groups in total. The number of esters is 2. The molecule has 30 heavy (non-hydrogen) atoms. The summed E-state index contributed by atoms with van der Waals surface area (Å²) in [6, 6.07) is 7.74. The van der Waals surface area contributed by atoms with Crippen molar-refractivity contribution in [3.63, 3.8) is 0 Å². The van der Waals surface area contributed by atoms with Crippen LogP contribution in [0.25, 0.3) is 0 Å². The molecule has 0 radical (unpaired) electrons. The first kappa shape index (κ1) is 21.1. The number of carbonyl (C=O) groups excluding carboxylic acids is 3. The molecule has 1 aromatic carbocycles. The molecule has 9 nitrogen and oxygen atoms in total. The average molecular weight is 413 g/mol. The Bertz CT molecular complexity index is 980. The number of rotatable bonds is 7. The second-order valence-corrected chi connectivity index (χ2v) is 6.54. The van der Waals surface area contributed by atoms with Gasteiger partial charge in [0.05, 0.1) is 29.6 Å². The zero-order valence-corrected chi connectivity index (χ0v) is 17.0. The van der Waals surface area contributed by atoms with E-state index in [0.29, 0.717) is 23.4 Å². The highest BCUT2D eigenvalue weighted by Gasteiger charge is 2.34. The van der Waals surface area contributed by atoms with Gasteiger partial charge in [-0.1, -0.05) is 42.4 Å². The number of carbonyl (C=O) groups is 3. The standard InChI is InChI=1S/C21H23N3O6/c1-4-14-16(12(3)30-24-14)19(25)29-11-15-17(20(26)28-5-2)18(23-21(27)22-15)13-9-7-6-8-10-13/h6-10,18H,4-5,11H2,1-3H3,(H2,22,23,27)/t18-/m0/s1. The summed E-state index contributed by atoms with van der Waals surface area (Å²) in [4.78, 5) is 37.5. The quantitative estimate of drug-likeness (QED) is 0.670. The Morgan fingerprint density at radius 1 is 1.13 bits per heavy atom. The zero-order valence-electron chi connectivity index (χ0n) is 17.0. The molecule has 158 valence electrons. The summed E-state index contributed by atoms with van der Waals surface area (Å²) in [7, 11) is 0. The van der Waals surface area contributed by atoms with Gasteiger partial charge in [-0.15, -0.1) is 0 Å². The summed E-state index contributed by atoms with van der Waals surface area (Å²) in [6.07, 6.45) is 0.495. The molecule has 0 aliphatic carbocycles. The Morgan fingerprint density at radius 2 is 1.87 bits per heavy atom. The van der Waals surface area contributed by atoms with E-state index in [1.54, 1.807) is 38.1 Å². The van der Waals surface area contributed by atoms with E-state index in [1.165, 1.54) is 0 Å². The number of aromatic nitrogens is 1. The topological polar surface area (TPSA) is 120 Å². The Hall–Kier alpha value is -3.62. The molecular formula is C21H23N3O6. The fourth-order valence-electron chi connectivity index (χ4n) is 3.21. The molecule has 1 aliphatic rings. The van der Waals surface area contributed by atoms with Crippen LogP contribution in [0, 0.1) is 6.92 Å². The highest BCUT2D eigenvalue weighted by molar-refractivity contribution is 5.96. The lowest BCUT2D eigenvalue weighted by Crippen LogP contribution is -2.47. The molecule has 2 amide bonds. The van der Waals surface area contributed by atoms with Crippen LogP contribution >= 0.6 is 0 Å². The van der Waals surface area contributed by atoms with E-state index in [0.717, 1.165) is 0 Å². The van der Waals surface area contributed by atoms with Crippen LogP contribution in [-0.2, 0) is 20.7 Å². The molecular weight excluding hydrogens is 390 g/mol. The number of hydrogen-bond acceptors (Lipinski definition) is 7. The van der Waals surface area contributed by atoms with Gasteiger partial charge in [-0.05, 0) is 25.8 Å². The Balaban J connectivity index is 1.93. The highest BCUT2D eigenvalue weighted by Crippen LogP contribution is 2.28. The SMILES string of the molecule is CCOC(=O)C1=C(COC(=O)c2c(CC)noc2C)NC(=O)N[C@H]1c1ccccc1. The second-order valence-electron chi connectivity index (χ2n) is 6.54. The molecule has 9 heteroatoms. The van der Waals surface area contributed by atoms with Gasteiger partial charge in [-0.3, -0.25) is 0 Å². The predicted molar refractivity (Wildman–Crippen MR) is 105 cm³/mol. The monoisotopic (exact) mass is 413 g/mol. The lowest BCUT2D eigenvalue weighted by atomic mass is 9.95. The van der Waals surface area contributed by atoms with Crippen LogP contribution < -0.4 is 10.6 Å². The number of amides is 2. The van der Waals surface area contributed by atoms with Crippen molar-refractivity contribution in [2.75, 3.05) is 13.2 Å². The number of urea groups is 1. The van der Waals surface area contributed by atoms with Gasteiger partial charge in [-0.2, -0.15) is 0 Å². The van der Waals surface area contributed by atoms with E-state index in [9.17, 15) is 14.4 Å². The van der Waals surface area contributed by atoms with Gasteiger partial charge in [0.25, 0.3) is 0 Å². The maximum Gasteiger partial charge on any atom is 0.344 e. The van der Waals surface area contributed by atoms with Gasteiger partial charge in [0.1, 0.15) is 17.9 Å². The van der Waals surface area contributed by atoms with Crippen LogP contribution in [0.2, 0.25) is 0 Å². The van der Waals surface area contributed by atoms with E-state index >= 15 is 0 Å². The lowest BCUT2D eigenvalue weighted by molar-refractivity contribution is -0.139. The Kier molecular flexibility index (Phi) is 6.51. The van der Waals surface area contributed by atoms with Crippen LogP contribution in [0.15, 0.2) is 46.1 Å². The lowest BCUT2D eigenvalue weighted by Gasteiger charge is -2.29. The zero-order chi connectivity index (χ0) is 21.7. The van der Waals surface area contributed by atoms with E-state index in [-0.39, 0.29) is 30.0 Å². The van der Waals surface area contributed by atoms with Gasteiger partial charge in [0, 0.05) is 0 Å². The fourth-order valence-corrected chi connectivity index (χ4v) is 3.21. The molecule has 0 fully saturated rings. The van der Waals surface area contributed by atoms with Crippen LogP contribution in [0.1, 0.15) is 47.3 Å². The van der Waals surface area contributed by atoms with E-state index < -0.39 is 24.0 Å². The van der Waals surface area contributed by atoms with Crippen molar-refractivity contribution >= 4 is 18.0 Å². The molecule has 1 atom stereocenters. The van der Waals surface area contributed by atoms with Crippen molar-refractivity contribution in [1.29, 1.82) is 0 Å². The molecule has 0 saturated heterocycles. The van der Waals surface area contributed by atoms with Crippen molar-refractivity contribution in [2.24, 2.45) is 0 Å². The van der Waals surface area contributed by atoms with Gasteiger partial charge in [0.2, 0.25) is 0 Å². The molecule has 0 spiro atoms. The first-order valence-corrected chi connectivity index (χ1v) is 9.61. The smallest absolute Gasteiger partial charge is 0.344 e. The van der Waals surface area contributed by atoms with Gasteiger partial charge < -0.3 is 24.6 Å². The molecule has 0 unspecified atom stereocenters. The normalized spacial score (nSPS) is 16.0. The fraction of sp³-hybridized carbons (Fsp3) is 0.333. The summed E-state index contributed by atoms with van der Waals surface area (Å²) in [5.74, 6) is -0.918. The Labute approximate surface area is 173 Å². The van der Waals surface area contributed by atoms with Crippen molar-refractivity contribution in [3.05, 3.63) is 64.2 Å². The molecule has 2 aromatic rings. The minimum atomic E-state index is -0.740. The third-order valence-electron chi connectivity index (χ3n) is 4.60. The van der Waals surface area contributed by atoms with E-state index in [4.69, 9.17) is 14.0 Å². The van der Waals surface area contributed by atoms with Gasteiger partial charge >= 0.3 is 18.0 Å². The van der Waals surface area contributed by atoms with E-state index in [2.05, 4.69) is 15.8 Å². The van der Waals surface area contributed by atoms with Crippen molar-refractivity contribution < 1.29 is 28.4 Å². The molecule has 3 rings (SSSR count). The van der Waals surface area contributed by atoms with Crippen LogP contribution in [-0.4, -0.2) is 36.3 Å². The number of nitrogens with one attached hydrogen (secondary N) is 2. The summed E-state index contributed by atoms with van der Waals surface area (Å²) >= 11 is 0. The van der Waals surface area contributed by atoms with Gasteiger partial charge in [-0.25, -0.2) is 14.4 Å². The average Bonchev–Trinajstić information content (AvgIpc) is 3.12. The summed E-state index contributed by atoms with van der Waals surface area (Å²) < 4.78 is 15.6. The predicted octanol–water partition coefficient (Wildman–Crippen LogP) is 2.57. The molecule has 2 heterocycles. The highest BCUT2D eigenvalue weighted by atomic mass is 16.5. The van der Waals surface area contributed by atoms with E-state index in [1.807, 2.05) is 13.0 Å². The van der Waals surface area contributed by atoms with Crippen LogP contribution in [0.4, 0.5) is 4.79 Å². The minimum absolute atomic E-state index is 0.157. The Morgan fingerprint density at radius 3 is 2.53 bits per heavy atom. The molecule has 0 saturated carbocycles. The molecule has 0 bridgehead atoms. The number of hydrogen-bond donors (Lipinski definition) is 2. The van der Waals surface area contributed by atoms with Crippen LogP contribution in [0.5, 0.6) is 0 Å². The van der Waals surface area contributed by atoms with Crippen LogP contribution in [0.3, 0.4) is 0 Å². The number of nitrogens with zero attached hydrogens (tertiary/aromatic N) is 1. The minimum Gasteiger partial charge on any atom is -0.463 e.